The SMILES string of the molecule is NC(=O)c1cnc(NC2CCCCC2)nc1N[C@@H]1CCC[C@H](O)C1. The molecule has 2 fully saturated rings. The molecular weight excluding hydrogens is 306 g/mol. The first-order valence-corrected chi connectivity index (χ1v) is 9.00. The van der Waals surface area contributed by atoms with Gasteiger partial charge in [0.15, 0.2) is 0 Å². The van der Waals surface area contributed by atoms with Crippen LogP contribution in [0.25, 0.3) is 0 Å². The number of rotatable bonds is 5. The van der Waals surface area contributed by atoms with E-state index in [-0.39, 0.29) is 12.1 Å². The van der Waals surface area contributed by atoms with Gasteiger partial charge in [0.1, 0.15) is 5.82 Å². The smallest absolute Gasteiger partial charge is 0.254 e. The van der Waals surface area contributed by atoms with Gasteiger partial charge in [-0.3, -0.25) is 4.79 Å². The molecule has 2 atom stereocenters. The first kappa shape index (κ1) is 17.0. The lowest BCUT2D eigenvalue weighted by Crippen LogP contribution is -2.31. The van der Waals surface area contributed by atoms with Crippen molar-refractivity contribution in [1.82, 2.24) is 9.97 Å². The average Bonchev–Trinajstić information content (AvgIpc) is 2.56. The molecule has 1 amide bonds. The molecule has 7 nitrogen and oxygen atoms in total. The number of aromatic nitrogens is 2. The Morgan fingerprint density at radius 1 is 1.08 bits per heavy atom. The fourth-order valence-corrected chi connectivity index (χ4v) is 3.66. The molecule has 0 spiro atoms. The van der Waals surface area contributed by atoms with Crippen molar-refractivity contribution in [3.63, 3.8) is 0 Å². The van der Waals surface area contributed by atoms with E-state index in [2.05, 4.69) is 20.6 Å². The van der Waals surface area contributed by atoms with Gasteiger partial charge in [-0.2, -0.15) is 4.98 Å². The minimum atomic E-state index is -0.543. The Balaban J connectivity index is 1.73. The highest BCUT2D eigenvalue weighted by molar-refractivity contribution is 5.97. The molecule has 7 heteroatoms. The van der Waals surface area contributed by atoms with Crippen LogP contribution in [0.2, 0.25) is 0 Å². The Kier molecular flexibility index (Phi) is 5.50. The van der Waals surface area contributed by atoms with Gasteiger partial charge in [0.05, 0.1) is 11.7 Å². The predicted molar refractivity (Wildman–Crippen MR) is 92.9 cm³/mol. The number of carbonyl (C=O) groups excluding carboxylic acids is 1. The Bertz CT molecular complexity index is 574. The van der Waals surface area contributed by atoms with Crippen molar-refractivity contribution >= 4 is 17.7 Å². The van der Waals surface area contributed by atoms with E-state index in [1.54, 1.807) is 0 Å². The summed E-state index contributed by atoms with van der Waals surface area (Å²) >= 11 is 0. The fourth-order valence-electron chi connectivity index (χ4n) is 3.66. The molecule has 5 N–H and O–H groups in total. The number of primary amides is 1. The lowest BCUT2D eigenvalue weighted by atomic mass is 9.93. The Labute approximate surface area is 142 Å². The first-order valence-electron chi connectivity index (χ1n) is 9.00. The summed E-state index contributed by atoms with van der Waals surface area (Å²) in [7, 11) is 0. The third-order valence-electron chi connectivity index (χ3n) is 4.98. The fraction of sp³-hybridized carbons (Fsp3) is 0.706. The summed E-state index contributed by atoms with van der Waals surface area (Å²) in [5.74, 6) is 0.457. The molecule has 0 unspecified atom stereocenters. The number of aliphatic hydroxyl groups excluding tert-OH is 1. The molecule has 1 aromatic rings. The normalized spacial score (nSPS) is 25.2. The Morgan fingerprint density at radius 3 is 2.54 bits per heavy atom. The molecule has 24 heavy (non-hydrogen) atoms. The molecule has 3 rings (SSSR count). The van der Waals surface area contributed by atoms with Gasteiger partial charge in [-0.05, 0) is 38.5 Å². The molecule has 0 radical (unpaired) electrons. The van der Waals surface area contributed by atoms with Crippen molar-refractivity contribution in [3.8, 4) is 0 Å². The van der Waals surface area contributed by atoms with Gasteiger partial charge >= 0.3 is 0 Å². The van der Waals surface area contributed by atoms with Crippen LogP contribution in [0.1, 0.15) is 68.1 Å². The van der Waals surface area contributed by atoms with Gasteiger partial charge in [-0.15, -0.1) is 0 Å². The molecule has 0 bridgehead atoms. The molecule has 1 aromatic heterocycles. The van der Waals surface area contributed by atoms with Crippen LogP contribution in [0.3, 0.4) is 0 Å². The number of anilines is 2. The van der Waals surface area contributed by atoms with Crippen LogP contribution in [-0.4, -0.2) is 39.2 Å². The summed E-state index contributed by atoms with van der Waals surface area (Å²) in [6.07, 6.45) is 10.6. The van der Waals surface area contributed by atoms with Crippen molar-refractivity contribution in [2.45, 2.75) is 76.0 Å². The highest BCUT2D eigenvalue weighted by Gasteiger charge is 2.23. The highest BCUT2D eigenvalue weighted by Crippen LogP contribution is 2.25. The maximum Gasteiger partial charge on any atom is 0.254 e. The monoisotopic (exact) mass is 333 g/mol. The summed E-state index contributed by atoms with van der Waals surface area (Å²) in [4.78, 5) is 20.4. The van der Waals surface area contributed by atoms with Crippen molar-refractivity contribution in [2.24, 2.45) is 5.73 Å². The van der Waals surface area contributed by atoms with Crippen LogP contribution in [0.4, 0.5) is 11.8 Å². The van der Waals surface area contributed by atoms with Gasteiger partial charge in [0.25, 0.3) is 5.91 Å². The molecular formula is C17H27N5O2. The second-order valence-corrected chi connectivity index (χ2v) is 6.96. The molecule has 2 aliphatic carbocycles. The number of nitrogens with one attached hydrogen (secondary N) is 2. The minimum Gasteiger partial charge on any atom is -0.393 e. The average molecular weight is 333 g/mol. The van der Waals surface area contributed by atoms with Crippen molar-refractivity contribution < 1.29 is 9.90 Å². The highest BCUT2D eigenvalue weighted by atomic mass is 16.3. The summed E-state index contributed by atoms with van der Waals surface area (Å²) in [5.41, 5.74) is 5.75. The predicted octanol–water partition coefficient (Wildman–Crippen LogP) is 2.04. The van der Waals surface area contributed by atoms with Crippen LogP contribution < -0.4 is 16.4 Å². The van der Waals surface area contributed by atoms with Crippen molar-refractivity contribution in [2.75, 3.05) is 10.6 Å². The van der Waals surface area contributed by atoms with Gasteiger partial charge in [0, 0.05) is 18.3 Å². The third kappa shape index (κ3) is 4.35. The second-order valence-electron chi connectivity index (χ2n) is 6.96. The number of hydrogen-bond donors (Lipinski definition) is 4. The molecule has 1 heterocycles. The van der Waals surface area contributed by atoms with E-state index < -0.39 is 5.91 Å². The zero-order valence-corrected chi connectivity index (χ0v) is 14.0. The zero-order chi connectivity index (χ0) is 16.9. The number of aliphatic hydroxyl groups is 1. The summed E-state index contributed by atoms with van der Waals surface area (Å²) < 4.78 is 0. The van der Waals surface area contributed by atoms with Crippen LogP contribution in [-0.2, 0) is 0 Å². The van der Waals surface area contributed by atoms with E-state index in [0.717, 1.165) is 32.1 Å². The number of carbonyl (C=O) groups is 1. The van der Waals surface area contributed by atoms with Gasteiger partial charge in [0.2, 0.25) is 5.95 Å². The largest absolute Gasteiger partial charge is 0.393 e. The Morgan fingerprint density at radius 2 is 1.83 bits per heavy atom. The topological polar surface area (TPSA) is 113 Å². The first-order chi connectivity index (χ1) is 11.6. The molecule has 0 aromatic carbocycles. The Hall–Kier alpha value is -1.89. The van der Waals surface area contributed by atoms with E-state index in [0.29, 0.717) is 29.8 Å². The molecule has 0 saturated heterocycles. The molecule has 0 aliphatic heterocycles. The van der Waals surface area contributed by atoms with Crippen LogP contribution >= 0.6 is 0 Å². The molecule has 132 valence electrons. The minimum absolute atomic E-state index is 0.101. The van der Waals surface area contributed by atoms with Crippen LogP contribution in [0.15, 0.2) is 6.20 Å². The van der Waals surface area contributed by atoms with E-state index in [9.17, 15) is 9.90 Å². The van der Waals surface area contributed by atoms with Gasteiger partial charge in [-0.1, -0.05) is 19.3 Å². The maximum atomic E-state index is 11.7. The molecule has 2 saturated carbocycles. The quantitative estimate of drug-likeness (QED) is 0.656. The standard InChI is InChI=1S/C17H27N5O2/c18-15(24)14-10-19-17(21-11-5-2-1-3-6-11)22-16(14)20-12-7-4-8-13(23)9-12/h10-13,23H,1-9H2,(H2,18,24)(H2,19,20,21,22)/t12-,13+/m1/s1. The number of hydrogen-bond acceptors (Lipinski definition) is 6. The second kappa shape index (κ2) is 7.79. The van der Waals surface area contributed by atoms with Gasteiger partial charge in [-0.25, -0.2) is 4.98 Å². The van der Waals surface area contributed by atoms with Crippen molar-refractivity contribution in [3.05, 3.63) is 11.8 Å². The van der Waals surface area contributed by atoms with E-state index >= 15 is 0 Å². The number of nitrogens with zero attached hydrogens (tertiary/aromatic N) is 2. The molecule has 2 aliphatic rings. The summed E-state index contributed by atoms with van der Waals surface area (Å²) in [5, 5.41) is 16.5. The zero-order valence-electron chi connectivity index (χ0n) is 14.0. The number of amides is 1. The van der Waals surface area contributed by atoms with E-state index in [1.807, 2.05) is 0 Å². The lowest BCUT2D eigenvalue weighted by molar-refractivity contribution is 0.100. The summed E-state index contributed by atoms with van der Waals surface area (Å²) in [6.45, 7) is 0. The third-order valence-corrected chi connectivity index (χ3v) is 4.98. The van der Waals surface area contributed by atoms with Gasteiger partial charge < -0.3 is 21.5 Å². The summed E-state index contributed by atoms with van der Waals surface area (Å²) in [6, 6.07) is 0.492. The maximum absolute atomic E-state index is 11.7. The van der Waals surface area contributed by atoms with E-state index in [1.165, 1.54) is 25.5 Å². The lowest BCUT2D eigenvalue weighted by Gasteiger charge is -2.28. The van der Waals surface area contributed by atoms with E-state index in [4.69, 9.17) is 5.73 Å². The van der Waals surface area contributed by atoms with Crippen LogP contribution in [0.5, 0.6) is 0 Å². The van der Waals surface area contributed by atoms with Crippen LogP contribution in [0, 0.1) is 0 Å². The van der Waals surface area contributed by atoms with Crippen molar-refractivity contribution in [1.29, 1.82) is 0 Å². The number of nitrogens with two attached hydrogens (primary N) is 1.